The summed E-state index contributed by atoms with van der Waals surface area (Å²) in [7, 11) is 0. The van der Waals surface area contributed by atoms with E-state index in [1.165, 1.54) is 0 Å². The number of hydrogen-bond acceptors (Lipinski definition) is 2. The molecule has 4 aromatic rings. The van der Waals surface area contributed by atoms with Gasteiger partial charge in [-0.25, -0.2) is 0 Å². The predicted molar refractivity (Wildman–Crippen MR) is 125 cm³/mol. The van der Waals surface area contributed by atoms with E-state index in [-0.39, 0.29) is 0 Å². The number of hydrogen-bond donors (Lipinski definition) is 0. The first-order chi connectivity index (χ1) is 14.8. The third kappa shape index (κ3) is 3.79. The Labute approximate surface area is 176 Å². The maximum Gasteiger partial charge on any atom is 0.128 e. The minimum Gasteiger partial charge on any atom is -0.488 e. The van der Waals surface area contributed by atoms with Crippen LogP contribution in [0.2, 0.25) is 0 Å². The van der Waals surface area contributed by atoms with Crippen LogP contribution in [-0.4, -0.2) is 13.2 Å². The Hall–Kier alpha value is -3.96. The van der Waals surface area contributed by atoms with Crippen LogP contribution in [0.3, 0.4) is 0 Å². The van der Waals surface area contributed by atoms with E-state index in [1.807, 2.05) is 36.4 Å². The van der Waals surface area contributed by atoms with E-state index in [1.54, 1.807) is 12.2 Å². The van der Waals surface area contributed by atoms with Crippen molar-refractivity contribution >= 4 is 21.5 Å². The van der Waals surface area contributed by atoms with Crippen LogP contribution in [0.5, 0.6) is 11.5 Å². The normalized spacial score (nSPS) is 10.3. The lowest BCUT2D eigenvalue weighted by atomic mass is 9.92. The van der Waals surface area contributed by atoms with E-state index in [0.717, 1.165) is 44.2 Å². The molecule has 0 amide bonds. The van der Waals surface area contributed by atoms with E-state index in [4.69, 9.17) is 9.47 Å². The van der Waals surface area contributed by atoms with Gasteiger partial charge in [0.25, 0.3) is 0 Å². The van der Waals surface area contributed by atoms with Crippen LogP contribution in [0.4, 0.5) is 0 Å². The molecule has 0 N–H and O–H groups in total. The predicted octanol–water partition coefficient (Wildman–Crippen LogP) is 7.10. The summed E-state index contributed by atoms with van der Waals surface area (Å²) in [6.45, 7) is 8.04. The van der Waals surface area contributed by atoms with Crippen LogP contribution in [0.25, 0.3) is 32.7 Å². The van der Waals surface area contributed by atoms with Gasteiger partial charge in [-0.05, 0) is 45.8 Å². The third-order valence-corrected chi connectivity index (χ3v) is 4.96. The Morgan fingerprint density at radius 2 is 1.03 bits per heavy atom. The number of fused-ring (bicyclic) bond motifs is 2. The summed E-state index contributed by atoms with van der Waals surface area (Å²) in [5.41, 5.74) is 7.56. The lowest BCUT2D eigenvalue weighted by molar-refractivity contribution is 0.360. The SMILES string of the molecule is C=C=CCOc1ccc2ccccc2c1-c1c(OCC=C=C)ccc2ccccc12. The third-order valence-electron chi connectivity index (χ3n) is 4.96. The summed E-state index contributed by atoms with van der Waals surface area (Å²) in [5, 5.41) is 4.50. The van der Waals surface area contributed by atoms with Gasteiger partial charge in [0, 0.05) is 11.1 Å². The molecular weight excluding hydrogens is 368 g/mol. The van der Waals surface area contributed by atoms with Gasteiger partial charge in [-0.3, -0.25) is 0 Å². The second-order valence-corrected chi connectivity index (χ2v) is 6.76. The second kappa shape index (κ2) is 9.03. The van der Waals surface area contributed by atoms with Crippen molar-refractivity contribution < 1.29 is 9.47 Å². The molecule has 0 aliphatic heterocycles. The first-order valence-electron chi connectivity index (χ1n) is 9.81. The van der Waals surface area contributed by atoms with E-state index < -0.39 is 0 Å². The van der Waals surface area contributed by atoms with Gasteiger partial charge >= 0.3 is 0 Å². The zero-order chi connectivity index (χ0) is 20.8. The molecule has 0 radical (unpaired) electrons. The number of rotatable bonds is 7. The average molecular weight is 390 g/mol. The molecule has 146 valence electrons. The quantitative estimate of drug-likeness (QED) is 0.313. The summed E-state index contributed by atoms with van der Waals surface area (Å²) in [5.74, 6) is 1.58. The van der Waals surface area contributed by atoms with Gasteiger partial charge in [-0.1, -0.05) is 73.8 Å². The zero-order valence-corrected chi connectivity index (χ0v) is 16.7. The van der Waals surface area contributed by atoms with Gasteiger partial charge in [0.15, 0.2) is 0 Å². The Balaban J connectivity index is 2.04. The van der Waals surface area contributed by atoms with Crippen molar-refractivity contribution in [2.45, 2.75) is 0 Å². The highest BCUT2D eigenvalue weighted by Gasteiger charge is 2.18. The maximum atomic E-state index is 6.13. The molecule has 2 heteroatoms. The number of ether oxygens (including phenoxy) is 2. The van der Waals surface area contributed by atoms with E-state index in [2.05, 4.69) is 61.0 Å². The Bertz CT molecular complexity index is 1200. The van der Waals surface area contributed by atoms with Crippen molar-refractivity contribution in [3.63, 3.8) is 0 Å². The molecule has 0 fully saturated rings. The van der Waals surface area contributed by atoms with E-state index in [9.17, 15) is 0 Å². The van der Waals surface area contributed by atoms with Gasteiger partial charge in [-0.2, -0.15) is 0 Å². The Morgan fingerprint density at radius 3 is 1.47 bits per heavy atom. The highest BCUT2D eigenvalue weighted by atomic mass is 16.5. The van der Waals surface area contributed by atoms with Crippen molar-refractivity contribution in [1.82, 2.24) is 0 Å². The lowest BCUT2D eigenvalue weighted by Crippen LogP contribution is -2.00. The van der Waals surface area contributed by atoms with Crippen LogP contribution in [0.15, 0.2) is 110 Å². The van der Waals surface area contributed by atoms with Crippen molar-refractivity contribution in [3.05, 3.63) is 110 Å². The summed E-state index contributed by atoms with van der Waals surface area (Å²) in [6, 6.07) is 24.8. The molecule has 0 saturated heterocycles. The van der Waals surface area contributed by atoms with Crippen LogP contribution in [0.1, 0.15) is 0 Å². The Morgan fingerprint density at radius 1 is 0.600 bits per heavy atom. The second-order valence-electron chi connectivity index (χ2n) is 6.76. The van der Waals surface area contributed by atoms with Crippen LogP contribution in [0, 0.1) is 0 Å². The van der Waals surface area contributed by atoms with Crippen LogP contribution >= 0.6 is 0 Å². The highest BCUT2D eigenvalue weighted by Crippen LogP contribution is 2.45. The van der Waals surface area contributed by atoms with Crippen LogP contribution < -0.4 is 9.47 Å². The topological polar surface area (TPSA) is 18.5 Å². The molecule has 0 spiro atoms. The fourth-order valence-electron chi connectivity index (χ4n) is 3.64. The molecular formula is C28H22O2. The van der Waals surface area contributed by atoms with Crippen molar-refractivity contribution in [1.29, 1.82) is 0 Å². The molecule has 4 rings (SSSR count). The lowest BCUT2D eigenvalue weighted by Gasteiger charge is -2.19. The molecule has 0 heterocycles. The van der Waals surface area contributed by atoms with Crippen molar-refractivity contribution in [2.24, 2.45) is 0 Å². The molecule has 0 aromatic heterocycles. The molecule has 0 aliphatic carbocycles. The first kappa shape index (κ1) is 19.4. The molecule has 0 atom stereocenters. The molecule has 0 unspecified atom stereocenters. The van der Waals surface area contributed by atoms with Gasteiger partial charge in [0.2, 0.25) is 0 Å². The maximum absolute atomic E-state index is 6.13. The fourth-order valence-corrected chi connectivity index (χ4v) is 3.64. The van der Waals surface area contributed by atoms with E-state index >= 15 is 0 Å². The summed E-state index contributed by atoms with van der Waals surface area (Å²) in [6.07, 6.45) is 3.54. The van der Waals surface area contributed by atoms with Gasteiger partial charge in [0.1, 0.15) is 24.7 Å². The molecule has 2 nitrogen and oxygen atoms in total. The minimum absolute atomic E-state index is 0.398. The molecule has 0 aliphatic rings. The summed E-state index contributed by atoms with van der Waals surface area (Å²) in [4.78, 5) is 0. The fraction of sp³-hybridized carbons (Fsp3) is 0.0714. The van der Waals surface area contributed by atoms with Crippen molar-refractivity contribution in [2.75, 3.05) is 13.2 Å². The smallest absolute Gasteiger partial charge is 0.128 e. The standard InChI is InChI=1S/C28H22O2/c1-3-5-19-29-25-17-15-21-11-7-9-13-23(21)27(25)28-24-14-10-8-12-22(24)16-18-26(28)30-20-6-4-2/h5-18H,1-2,19-20H2. The average Bonchev–Trinajstić information content (AvgIpc) is 2.79. The molecule has 0 bridgehead atoms. The zero-order valence-electron chi connectivity index (χ0n) is 16.7. The molecule has 0 saturated carbocycles. The highest BCUT2D eigenvalue weighted by molar-refractivity contribution is 6.09. The van der Waals surface area contributed by atoms with Gasteiger partial charge in [0.05, 0.1) is 0 Å². The largest absolute Gasteiger partial charge is 0.488 e. The monoisotopic (exact) mass is 390 g/mol. The molecule has 4 aromatic carbocycles. The van der Waals surface area contributed by atoms with Gasteiger partial charge in [-0.15, -0.1) is 11.5 Å². The summed E-state index contributed by atoms with van der Waals surface area (Å²) >= 11 is 0. The first-order valence-corrected chi connectivity index (χ1v) is 9.81. The molecule has 30 heavy (non-hydrogen) atoms. The van der Waals surface area contributed by atoms with Crippen LogP contribution in [-0.2, 0) is 0 Å². The Kier molecular flexibility index (Phi) is 5.83. The van der Waals surface area contributed by atoms with Gasteiger partial charge < -0.3 is 9.47 Å². The minimum atomic E-state index is 0.398. The van der Waals surface area contributed by atoms with Crippen molar-refractivity contribution in [3.8, 4) is 22.6 Å². The summed E-state index contributed by atoms with van der Waals surface area (Å²) < 4.78 is 12.3. The number of benzene rings is 4. The van der Waals surface area contributed by atoms with E-state index in [0.29, 0.717) is 13.2 Å².